The zero-order valence-electron chi connectivity index (χ0n) is 30.6. The third-order valence-electron chi connectivity index (χ3n) is 10.6. The summed E-state index contributed by atoms with van der Waals surface area (Å²) in [6.07, 6.45) is -38.5. The van der Waals surface area contributed by atoms with E-state index in [-0.39, 0.29) is 0 Å². The lowest BCUT2D eigenvalue weighted by Crippen LogP contribution is -2.68. The highest BCUT2D eigenvalue weighted by molar-refractivity contribution is 5.73. The van der Waals surface area contributed by atoms with E-state index in [0.717, 1.165) is 6.92 Å². The fourth-order valence-corrected chi connectivity index (χ4v) is 7.16. The second kappa shape index (κ2) is 18.3. The number of carbonyl (C=O) groups is 1. The Morgan fingerprint density at radius 3 is 1.55 bits per heavy atom. The van der Waals surface area contributed by atoms with Crippen LogP contribution in [0.3, 0.4) is 0 Å². The van der Waals surface area contributed by atoms with Crippen LogP contribution in [-0.2, 0) is 47.4 Å². The molecule has 0 aromatic heterocycles. The predicted octanol–water partition coefficient (Wildman–Crippen LogP) is -7.67. The van der Waals surface area contributed by atoms with Gasteiger partial charge in [0.1, 0.15) is 97.6 Å². The summed E-state index contributed by atoms with van der Waals surface area (Å²) in [6.45, 7) is 5.85. The highest BCUT2D eigenvalue weighted by Crippen LogP contribution is 2.36. The number of nitrogens with one attached hydrogen (secondary N) is 1. The van der Waals surface area contributed by atoms with Crippen LogP contribution in [0.2, 0.25) is 0 Å². The van der Waals surface area contributed by atoms with E-state index in [2.05, 4.69) is 5.32 Å². The van der Waals surface area contributed by atoms with Crippen molar-refractivity contribution in [2.24, 2.45) is 0 Å². The van der Waals surface area contributed by atoms with Gasteiger partial charge in [-0.3, -0.25) is 4.79 Å². The minimum atomic E-state index is -1.96. The van der Waals surface area contributed by atoms with Crippen LogP contribution in [0.25, 0.3) is 0 Å². The summed E-state index contributed by atoms with van der Waals surface area (Å²) >= 11 is 0. The van der Waals surface area contributed by atoms with Gasteiger partial charge in [-0.1, -0.05) is 0 Å². The molecule has 5 saturated heterocycles. The van der Waals surface area contributed by atoms with Crippen LogP contribution < -0.4 is 5.32 Å². The number of aliphatic hydroxyl groups is 12. The zero-order valence-corrected chi connectivity index (χ0v) is 30.6. The molecule has 5 heterocycles. The van der Waals surface area contributed by atoms with Crippen LogP contribution in [-0.4, -0.2) is 227 Å². The van der Waals surface area contributed by atoms with Gasteiger partial charge in [0.2, 0.25) is 5.91 Å². The fraction of sp³-hybridized carbons (Fsp3) is 0.969. The molecule has 0 aliphatic carbocycles. The molecule has 23 nitrogen and oxygen atoms in total. The Morgan fingerprint density at radius 2 is 0.945 bits per heavy atom. The predicted molar refractivity (Wildman–Crippen MR) is 172 cm³/mol. The lowest BCUT2D eigenvalue weighted by atomic mass is 9.95. The summed E-state index contributed by atoms with van der Waals surface area (Å²) in [5, 5.41) is 131. The van der Waals surface area contributed by atoms with Gasteiger partial charge in [0.15, 0.2) is 31.5 Å². The molecule has 13 N–H and O–H groups in total. The average molecular weight is 806 g/mol. The molecule has 0 bridgehead atoms. The largest absolute Gasteiger partial charge is 0.394 e. The van der Waals surface area contributed by atoms with Gasteiger partial charge < -0.3 is 109 Å². The van der Waals surface area contributed by atoms with Gasteiger partial charge in [0, 0.05) is 6.92 Å². The number of hydrogen-bond donors (Lipinski definition) is 13. The quantitative estimate of drug-likeness (QED) is 0.0975. The number of hydrogen-bond acceptors (Lipinski definition) is 22. The number of aliphatic hydroxyl groups excluding tert-OH is 12. The number of carbonyl (C=O) groups excluding carboxylic acids is 1. The summed E-state index contributed by atoms with van der Waals surface area (Å²) in [4.78, 5) is 12.0. The normalized spacial score (nSPS) is 53.8. The highest BCUT2D eigenvalue weighted by atomic mass is 16.8. The molecular formula is C32H55NO22. The molecule has 0 radical (unpaired) electrons. The minimum absolute atomic E-state index is 0.672. The summed E-state index contributed by atoms with van der Waals surface area (Å²) in [7, 11) is 0. The standard InChI is InChI=1S/C32H55NO22/c1-7-14(36)20(42)22(44)30(48-7)54-26-21(43)15(37)8(2)50-32(26)52-24-16(38)10(4)49-31(23(24)45)53-25-17(39)9(3)47-28(46)27(25)55-29-13(33-11(5)35)19(41)18(40)12(6-34)51-29/h7-10,12-32,34,36-46H,6H2,1-5H3,(H,33,35)/t7-,8-,9-,10-,12+,13+,14-,15-,16-,17-,18+,19+,20+,21+,22+,23+,24+,25+,26+,27+,28+,29-,30-,31-,32-/m0/s1. The van der Waals surface area contributed by atoms with Crippen molar-refractivity contribution < 1.29 is 109 Å². The maximum Gasteiger partial charge on any atom is 0.217 e. The summed E-state index contributed by atoms with van der Waals surface area (Å²) in [5.74, 6) is -0.672. The summed E-state index contributed by atoms with van der Waals surface area (Å²) in [6, 6.07) is -1.47. The summed E-state index contributed by atoms with van der Waals surface area (Å²) < 4.78 is 51.6. The molecule has 0 aromatic rings. The van der Waals surface area contributed by atoms with E-state index in [4.69, 9.17) is 42.6 Å². The van der Waals surface area contributed by atoms with Gasteiger partial charge in [-0.15, -0.1) is 0 Å². The third-order valence-corrected chi connectivity index (χ3v) is 10.6. The Labute approximate surface area is 314 Å². The molecule has 0 spiro atoms. The second-order valence-corrected chi connectivity index (χ2v) is 14.6. The van der Waals surface area contributed by atoms with Crippen LogP contribution >= 0.6 is 0 Å². The first-order valence-electron chi connectivity index (χ1n) is 18.0. The molecule has 23 heteroatoms. The lowest BCUT2D eigenvalue weighted by molar-refractivity contribution is -0.396. The minimum Gasteiger partial charge on any atom is -0.394 e. The van der Waals surface area contributed by atoms with Crippen molar-refractivity contribution in [3.05, 3.63) is 0 Å². The first-order valence-corrected chi connectivity index (χ1v) is 18.0. The van der Waals surface area contributed by atoms with Crippen LogP contribution in [0.4, 0.5) is 0 Å². The smallest absolute Gasteiger partial charge is 0.217 e. The Morgan fingerprint density at radius 1 is 0.473 bits per heavy atom. The number of amides is 1. The van der Waals surface area contributed by atoms with Gasteiger partial charge >= 0.3 is 0 Å². The van der Waals surface area contributed by atoms with E-state index in [1.165, 1.54) is 27.7 Å². The average Bonchev–Trinajstić information content (AvgIpc) is 3.13. The molecule has 5 fully saturated rings. The Balaban J connectivity index is 1.37. The molecule has 0 unspecified atom stereocenters. The third kappa shape index (κ3) is 9.27. The van der Waals surface area contributed by atoms with Gasteiger partial charge in [-0.25, -0.2) is 0 Å². The van der Waals surface area contributed by atoms with Crippen LogP contribution in [0.15, 0.2) is 0 Å². The molecule has 55 heavy (non-hydrogen) atoms. The van der Waals surface area contributed by atoms with Crippen molar-refractivity contribution in [3.8, 4) is 0 Å². The monoisotopic (exact) mass is 805 g/mol. The van der Waals surface area contributed by atoms with Crippen molar-refractivity contribution in [2.75, 3.05) is 6.61 Å². The zero-order chi connectivity index (χ0) is 40.8. The van der Waals surface area contributed by atoms with Gasteiger partial charge in [-0.05, 0) is 27.7 Å². The van der Waals surface area contributed by atoms with E-state index in [1.54, 1.807) is 0 Å². The van der Waals surface area contributed by atoms with Gasteiger partial charge in [0.05, 0.1) is 31.0 Å². The lowest BCUT2D eigenvalue weighted by Gasteiger charge is -2.50. The molecule has 5 rings (SSSR count). The maximum absolute atomic E-state index is 12.0. The first kappa shape index (κ1) is 44.7. The van der Waals surface area contributed by atoms with Crippen LogP contribution in [0, 0.1) is 0 Å². The van der Waals surface area contributed by atoms with Crippen LogP contribution in [0.5, 0.6) is 0 Å². The van der Waals surface area contributed by atoms with E-state index < -0.39 is 166 Å². The highest BCUT2D eigenvalue weighted by Gasteiger charge is 2.56. The van der Waals surface area contributed by atoms with Gasteiger partial charge in [0.25, 0.3) is 0 Å². The van der Waals surface area contributed by atoms with Gasteiger partial charge in [-0.2, -0.15) is 0 Å². The Kier molecular flexibility index (Phi) is 14.9. The fourth-order valence-electron chi connectivity index (χ4n) is 7.16. The molecule has 5 aliphatic rings. The Hall–Kier alpha value is -1.37. The van der Waals surface area contributed by atoms with E-state index >= 15 is 0 Å². The molecular weight excluding hydrogens is 750 g/mol. The molecule has 0 aromatic carbocycles. The number of ether oxygens (including phenoxy) is 9. The number of rotatable bonds is 10. The van der Waals surface area contributed by atoms with Crippen molar-refractivity contribution in [1.82, 2.24) is 5.32 Å². The first-order chi connectivity index (χ1) is 25.8. The van der Waals surface area contributed by atoms with E-state index in [1.807, 2.05) is 0 Å². The van der Waals surface area contributed by atoms with E-state index in [9.17, 15) is 66.1 Å². The van der Waals surface area contributed by atoms with Crippen LogP contribution in [0.1, 0.15) is 34.6 Å². The second-order valence-electron chi connectivity index (χ2n) is 14.6. The SMILES string of the molecule is CC(=O)N[C@H]1[C@H](O[C@@H]2[C@H](O[C@@H]3O[C@@H](C)[C@H](O)[C@@H](O[C@@H]4O[C@@H](C)[C@H](O)[C@@H](O)[C@H]4O[C@@H]4O[C@@H](C)[C@H](O)[C@@H](O)[C@H]4O)[C@H]3O)[C@@H](O)[C@H](C)O[C@H]2O)O[C@H](CO)[C@@H](O)[C@@H]1O. The molecule has 5 aliphatic heterocycles. The Bertz CT molecular complexity index is 1260. The topological polar surface area (TPSA) is 355 Å². The van der Waals surface area contributed by atoms with Crippen molar-refractivity contribution in [1.29, 1.82) is 0 Å². The molecule has 1 amide bonds. The van der Waals surface area contributed by atoms with Crippen molar-refractivity contribution in [2.45, 2.75) is 188 Å². The molecule has 0 saturated carbocycles. The molecule has 320 valence electrons. The molecule has 25 atom stereocenters. The van der Waals surface area contributed by atoms with Crippen molar-refractivity contribution in [3.63, 3.8) is 0 Å². The van der Waals surface area contributed by atoms with E-state index in [0.29, 0.717) is 0 Å². The maximum atomic E-state index is 12.0. The van der Waals surface area contributed by atoms with Crippen molar-refractivity contribution >= 4 is 5.91 Å². The summed E-state index contributed by atoms with van der Waals surface area (Å²) in [5.41, 5.74) is 0.